The van der Waals surface area contributed by atoms with Gasteiger partial charge in [-0.2, -0.15) is 0 Å². The number of hydrogen-bond acceptors (Lipinski definition) is 3. The van der Waals surface area contributed by atoms with Crippen molar-refractivity contribution in [3.8, 4) is 5.88 Å². The lowest BCUT2D eigenvalue weighted by molar-refractivity contribution is 0.297. The van der Waals surface area contributed by atoms with E-state index in [9.17, 15) is 0 Å². The van der Waals surface area contributed by atoms with Gasteiger partial charge in [0.2, 0.25) is 5.88 Å². The first-order chi connectivity index (χ1) is 6.84. The Bertz CT molecular complexity index is 402. The maximum Gasteiger partial charge on any atom is 0.214 e. The maximum atomic E-state index is 5.72. The van der Waals surface area contributed by atoms with Gasteiger partial charge in [-0.05, 0) is 17.5 Å². The van der Waals surface area contributed by atoms with Crippen LogP contribution in [-0.2, 0) is 6.61 Å². The van der Waals surface area contributed by atoms with Crippen molar-refractivity contribution in [1.82, 2.24) is 4.98 Å². The molecule has 0 aromatic carbocycles. The summed E-state index contributed by atoms with van der Waals surface area (Å²) in [6, 6.07) is 9.35. The summed E-state index contributed by atoms with van der Waals surface area (Å²) in [7, 11) is 0. The Morgan fingerprint density at radius 1 is 1.29 bits per heavy atom. The van der Waals surface area contributed by atoms with Gasteiger partial charge in [-0.15, -0.1) is 11.3 Å². The third kappa shape index (κ3) is 2.47. The number of pyridine rings is 1. The predicted molar refractivity (Wildman–Crippen MR) is 57.9 cm³/mol. The second-order valence-corrected chi connectivity index (χ2v) is 4.09. The molecule has 0 bridgehead atoms. The minimum Gasteiger partial charge on any atom is -0.472 e. The summed E-state index contributed by atoms with van der Waals surface area (Å²) in [6.07, 6.45) is 0. The van der Waals surface area contributed by atoms with Crippen molar-refractivity contribution in [2.75, 3.05) is 0 Å². The molecule has 72 valence electrons. The van der Waals surface area contributed by atoms with Crippen LogP contribution in [0.15, 0.2) is 35.7 Å². The van der Waals surface area contributed by atoms with E-state index in [0.717, 1.165) is 0 Å². The van der Waals surface area contributed by atoms with Gasteiger partial charge in [-0.25, -0.2) is 4.98 Å². The monoisotopic (exact) mass is 225 g/mol. The number of hydrogen-bond donors (Lipinski definition) is 0. The van der Waals surface area contributed by atoms with Gasteiger partial charge in [0.25, 0.3) is 0 Å². The second-order valence-electron chi connectivity index (χ2n) is 2.67. The summed E-state index contributed by atoms with van der Waals surface area (Å²) in [5.74, 6) is 0.561. The van der Waals surface area contributed by atoms with E-state index < -0.39 is 0 Å². The standard InChI is InChI=1S/C10H8ClNOS/c11-9-4-1-5-10(12-9)13-7-8-3-2-6-14-8/h1-6H,7H2. The van der Waals surface area contributed by atoms with E-state index in [4.69, 9.17) is 16.3 Å². The maximum absolute atomic E-state index is 5.72. The number of halogens is 1. The van der Waals surface area contributed by atoms with Gasteiger partial charge in [-0.3, -0.25) is 0 Å². The van der Waals surface area contributed by atoms with Crippen LogP contribution in [0.25, 0.3) is 0 Å². The molecule has 2 aromatic rings. The summed E-state index contributed by atoms with van der Waals surface area (Å²) in [5, 5.41) is 2.47. The molecule has 2 aromatic heterocycles. The zero-order chi connectivity index (χ0) is 9.80. The van der Waals surface area contributed by atoms with Gasteiger partial charge in [0.05, 0.1) is 0 Å². The van der Waals surface area contributed by atoms with Crippen LogP contribution in [0.4, 0.5) is 0 Å². The van der Waals surface area contributed by atoms with Crippen LogP contribution in [0.5, 0.6) is 5.88 Å². The van der Waals surface area contributed by atoms with Crippen molar-refractivity contribution in [1.29, 1.82) is 0 Å². The summed E-state index contributed by atoms with van der Waals surface area (Å²) in [4.78, 5) is 5.19. The molecule has 0 radical (unpaired) electrons. The first kappa shape index (κ1) is 9.49. The van der Waals surface area contributed by atoms with Crippen molar-refractivity contribution in [2.45, 2.75) is 6.61 Å². The van der Waals surface area contributed by atoms with Crippen LogP contribution >= 0.6 is 22.9 Å². The normalized spacial score (nSPS) is 10.1. The highest BCUT2D eigenvalue weighted by Gasteiger charge is 1.98. The largest absolute Gasteiger partial charge is 0.472 e. The first-order valence-corrected chi connectivity index (χ1v) is 5.38. The van der Waals surface area contributed by atoms with Crippen molar-refractivity contribution >= 4 is 22.9 Å². The van der Waals surface area contributed by atoms with Gasteiger partial charge in [0, 0.05) is 10.9 Å². The molecule has 0 aliphatic heterocycles. The first-order valence-electron chi connectivity index (χ1n) is 4.12. The molecule has 0 aliphatic carbocycles. The Kier molecular flexibility index (Phi) is 3.01. The molecule has 2 heterocycles. The zero-order valence-corrected chi connectivity index (χ0v) is 8.89. The lowest BCUT2D eigenvalue weighted by Gasteiger charge is -2.02. The number of rotatable bonds is 3. The highest BCUT2D eigenvalue weighted by molar-refractivity contribution is 7.09. The molecule has 0 unspecified atom stereocenters. The molecule has 0 spiro atoms. The van der Waals surface area contributed by atoms with E-state index in [2.05, 4.69) is 4.98 Å². The molecule has 0 saturated carbocycles. The molecule has 14 heavy (non-hydrogen) atoms. The van der Waals surface area contributed by atoms with Crippen molar-refractivity contribution in [3.63, 3.8) is 0 Å². The molecule has 0 amide bonds. The lowest BCUT2D eigenvalue weighted by Crippen LogP contribution is -1.94. The van der Waals surface area contributed by atoms with Crippen molar-refractivity contribution < 1.29 is 4.74 Å². The summed E-state index contributed by atoms with van der Waals surface area (Å²) >= 11 is 7.38. The van der Waals surface area contributed by atoms with E-state index in [1.165, 1.54) is 4.88 Å². The summed E-state index contributed by atoms with van der Waals surface area (Å²) in [5.41, 5.74) is 0. The van der Waals surface area contributed by atoms with Crippen LogP contribution < -0.4 is 4.74 Å². The molecular weight excluding hydrogens is 218 g/mol. The van der Waals surface area contributed by atoms with E-state index in [-0.39, 0.29) is 0 Å². The predicted octanol–water partition coefficient (Wildman–Crippen LogP) is 3.38. The van der Waals surface area contributed by atoms with Crippen LogP contribution in [0.3, 0.4) is 0 Å². The fraction of sp³-hybridized carbons (Fsp3) is 0.100. The van der Waals surface area contributed by atoms with Gasteiger partial charge in [0.1, 0.15) is 11.8 Å². The van der Waals surface area contributed by atoms with Crippen LogP contribution in [-0.4, -0.2) is 4.98 Å². The number of thiophene rings is 1. The molecular formula is C10H8ClNOS. The molecule has 0 fully saturated rings. The molecule has 0 saturated heterocycles. The van der Waals surface area contributed by atoms with Gasteiger partial charge >= 0.3 is 0 Å². The Morgan fingerprint density at radius 3 is 2.93 bits per heavy atom. The van der Waals surface area contributed by atoms with Gasteiger partial charge in [-0.1, -0.05) is 23.7 Å². The highest BCUT2D eigenvalue weighted by atomic mass is 35.5. The molecule has 4 heteroatoms. The average Bonchev–Trinajstić information content (AvgIpc) is 2.67. The number of aromatic nitrogens is 1. The van der Waals surface area contributed by atoms with E-state index in [1.807, 2.05) is 23.6 Å². The van der Waals surface area contributed by atoms with E-state index >= 15 is 0 Å². The van der Waals surface area contributed by atoms with Crippen molar-refractivity contribution in [3.05, 3.63) is 45.7 Å². The molecule has 2 nitrogen and oxygen atoms in total. The Balaban J connectivity index is 1.98. The SMILES string of the molecule is Clc1cccc(OCc2cccs2)n1. The Labute approximate surface area is 91.1 Å². The van der Waals surface area contributed by atoms with E-state index in [1.54, 1.807) is 23.5 Å². The third-order valence-corrected chi connectivity index (χ3v) is 2.69. The highest BCUT2D eigenvalue weighted by Crippen LogP contribution is 2.15. The zero-order valence-electron chi connectivity index (χ0n) is 7.31. The van der Waals surface area contributed by atoms with Crippen LogP contribution in [0, 0.1) is 0 Å². The van der Waals surface area contributed by atoms with Crippen LogP contribution in [0.1, 0.15) is 4.88 Å². The summed E-state index contributed by atoms with van der Waals surface area (Å²) in [6.45, 7) is 0.547. The summed E-state index contributed by atoms with van der Waals surface area (Å²) < 4.78 is 5.45. The third-order valence-electron chi connectivity index (χ3n) is 1.63. The van der Waals surface area contributed by atoms with Crippen molar-refractivity contribution in [2.24, 2.45) is 0 Å². The molecule has 0 N–H and O–H groups in total. The Hall–Kier alpha value is -1.06. The fourth-order valence-corrected chi connectivity index (χ4v) is 1.78. The Morgan fingerprint density at radius 2 is 2.21 bits per heavy atom. The van der Waals surface area contributed by atoms with Crippen LogP contribution in [0.2, 0.25) is 5.15 Å². The average molecular weight is 226 g/mol. The van der Waals surface area contributed by atoms with E-state index in [0.29, 0.717) is 17.6 Å². The lowest BCUT2D eigenvalue weighted by atomic mass is 10.5. The topological polar surface area (TPSA) is 22.1 Å². The smallest absolute Gasteiger partial charge is 0.214 e. The minimum atomic E-state index is 0.452. The minimum absolute atomic E-state index is 0.452. The molecule has 0 atom stereocenters. The molecule has 2 rings (SSSR count). The van der Waals surface area contributed by atoms with Gasteiger partial charge < -0.3 is 4.74 Å². The fourth-order valence-electron chi connectivity index (χ4n) is 1.01. The quantitative estimate of drug-likeness (QED) is 0.748. The molecule has 0 aliphatic rings. The van der Waals surface area contributed by atoms with Gasteiger partial charge in [0.15, 0.2) is 0 Å². The second kappa shape index (κ2) is 4.44. The number of nitrogens with zero attached hydrogens (tertiary/aromatic N) is 1. The number of ether oxygens (including phenoxy) is 1.